The maximum absolute atomic E-state index is 5.74. The van der Waals surface area contributed by atoms with Crippen LogP contribution in [0.2, 0.25) is 0 Å². The highest BCUT2D eigenvalue weighted by atomic mass is 32.1. The van der Waals surface area contributed by atoms with Gasteiger partial charge < -0.3 is 9.30 Å². The normalized spacial score (nSPS) is 25.5. The van der Waals surface area contributed by atoms with E-state index >= 15 is 0 Å². The Balaban J connectivity index is 2.30. The lowest BCUT2D eigenvalue weighted by molar-refractivity contribution is 0.0833. The molecule has 1 aliphatic heterocycles. The number of aromatic nitrogens is 3. The summed E-state index contributed by atoms with van der Waals surface area (Å²) in [6.07, 6.45) is 1.21. The Morgan fingerprint density at radius 3 is 2.94 bits per heavy atom. The van der Waals surface area contributed by atoms with Crippen LogP contribution < -0.4 is 0 Å². The number of nitrogens with one attached hydrogen (secondary N) is 1. The van der Waals surface area contributed by atoms with Gasteiger partial charge in [0.05, 0.1) is 0 Å². The monoisotopic (exact) mass is 241 g/mol. The molecule has 1 aromatic rings. The first kappa shape index (κ1) is 11.8. The molecule has 0 amide bonds. The largest absolute Gasteiger partial charge is 0.370 e. The van der Waals surface area contributed by atoms with Gasteiger partial charge in [-0.15, -0.1) is 0 Å². The summed E-state index contributed by atoms with van der Waals surface area (Å²) in [4.78, 5) is 0. The highest BCUT2D eigenvalue weighted by Crippen LogP contribution is 2.33. The molecule has 2 heterocycles. The number of ether oxygens (including phenoxy) is 1. The molecule has 0 radical (unpaired) electrons. The minimum absolute atomic E-state index is 0.103. The summed E-state index contributed by atoms with van der Waals surface area (Å²) >= 11 is 5.25. The van der Waals surface area contributed by atoms with Crippen molar-refractivity contribution in [3.8, 4) is 0 Å². The van der Waals surface area contributed by atoms with Crippen LogP contribution in [0.3, 0.4) is 0 Å². The van der Waals surface area contributed by atoms with Crippen LogP contribution in [0.5, 0.6) is 0 Å². The van der Waals surface area contributed by atoms with Gasteiger partial charge in [0, 0.05) is 13.2 Å². The van der Waals surface area contributed by atoms with Crippen molar-refractivity contribution in [1.29, 1.82) is 0 Å². The third kappa shape index (κ3) is 2.20. The van der Waals surface area contributed by atoms with Gasteiger partial charge in [0.2, 0.25) is 0 Å². The molecular formula is C11H19N3OS. The zero-order chi connectivity index (χ0) is 11.7. The van der Waals surface area contributed by atoms with E-state index in [2.05, 4.69) is 35.5 Å². The molecule has 2 atom stereocenters. The van der Waals surface area contributed by atoms with Gasteiger partial charge in [0.15, 0.2) is 10.6 Å². The van der Waals surface area contributed by atoms with Crippen molar-refractivity contribution in [3.63, 3.8) is 0 Å². The van der Waals surface area contributed by atoms with E-state index in [1.807, 2.05) is 0 Å². The number of nitrogens with zero attached hydrogens (tertiary/aromatic N) is 2. The number of hydrogen-bond acceptors (Lipinski definition) is 3. The zero-order valence-electron chi connectivity index (χ0n) is 10.1. The fourth-order valence-corrected chi connectivity index (χ4v) is 2.33. The molecule has 1 saturated heterocycles. The minimum Gasteiger partial charge on any atom is -0.370 e. The molecule has 2 rings (SSSR count). The van der Waals surface area contributed by atoms with Crippen molar-refractivity contribution < 1.29 is 4.74 Å². The topological polar surface area (TPSA) is 42.8 Å². The predicted octanol–water partition coefficient (Wildman–Crippen LogP) is 2.69. The van der Waals surface area contributed by atoms with Gasteiger partial charge in [-0.05, 0) is 30.5 Å². The smallest absolute Gasteiger partial charge is 0.195 e. The fourth-order valence-electron chi connectivity index (χ4n) is 2.11. The number of hydrogen-bond donors (Lipinski definition) is 1. The SMILES string of the molecule is CC(C)Cn1c(C2OCCC2C)n[nH]c1=S. The highest BCUT2D eigenvalue weighted by Gasteiger charge is 2.30. The molecule has 90 valence electrons. The first-order valence-electron chi connectivity index (χ1n) is 5.86. The lowest BCUT2D eigenvalue weighted by Crippen LogP contribution is -2.15. The Bertz CT molecular complexity index is 410. The zero-order valence-corrected chi connectivity index (χ0v) is 10.9. The van der Waals surface area contributed by atoms with E-state index in [0.717, 1.165) is 25.4 Å². The minimum atomic E-state index is 0.103. The Labute approximate surface area is 101 Å². The van der Waals surface area contributed by atoms with E-state index in [9.17, 15) is 0 Å². The van der Waals surface area contributed by atoms with Crippen LogP contribution in [-0.2, 0) is 11.3 Å². The summed E-state index contributed by atoms with van der Waals surface area (Å²) in [7, 11) is 0. The van der Waals surface area contributed by atoms with Gasteiger partial charge in [-0.1, -0.05) is 20.8 Å². The Kier molecular flexibility index (Phi) is 3.44. The number of rotatable bonds is 3. The number of aromatic amines is 1. The van der Waals surface area contributed by atoms with Crippen molar-refractivity contribution in [2.75, 3.05) is 6.61 Å². The van der Waals surface area contributed by atoms with Crippen LogP contribution in [-0.4, -0.2) is 21.4 Å². The molecule has 16 heavy (non-hydrogen) atoms. The van der Waals surface area contributed by atoms with E-state index < -0.39 is 0 Å². The first-order valence-corrected chi connectivity index (χ1v) is 6.27. The van der Waals surface area contributed by atoms with E-state index in [-0.39, 0.29) is 6.10 Å². The van der Waals surface area contributed by atoms with Crippen LogP contribution in [0.15, 0.2) is 0 Å². The Morgan fingerprint density at radius 2 is 2.38 bits per heavy atom. The third-order valence-corrected chi connectivity index (χ3v) is 3.29. The van der Waals surface area contributed by atoms with Gasteiger partial charge in [0.25, 0.3) is 0 Å². The molecule has 1 aliphatic rings. The van der Waals surface area contributed by atoms with Crippen LogP contribution in [0.1, 0.15) is 39.1 Å². The maximum Gasteiger partial charge on any atom is 0.195 e. The van der Waals surface area contributed by atoms with Crippen LogP contribution in [0.4, 0.5) is 0 Å². The van der Waals surface area contributed by atoms with Crippen LogP contribution in [0.25, 0.3) is 0 Å². The molecule has 5 heteroatoms. The first-order chi connectivity index (χ1) is 7.59. The molecule has 0 aromatic carbocycles. The lowest BCUT2D eigenvalue weighted by Gasteiger charge is -2.16. The lowest BCUT2D eigenvalue weighted by atomic mass is 10.0. The number of H-pyrrole nitrogens is 1. The molecule has 1 fully saturated rings. The highest BCUT2D eigenvalue weighted by molar-refractivity contribution is 7.71. The van der Waals surface area contributed by atoms with Crippen LogP contribution in [0, 0.1) is 16.6 Å². The maximum atomic E-state index is 5.74. The molecule has 4 nitrogen and oxygen atoms in total. The van der Waals surface area contributed by atoms with Gasteiger partial charge in [0.1, 0.15) is 6.10 Å². The van der Waals surface area contributed by atoms with E-state index in [0.29, 0.717) is 16.6 Å². The average Bonchev–Trinajstić information content (AvgIpc) is 2.75. The third-order valence-electron chi connectivity index (χ3n) is 2.98. The fraction of sp³-hybridized carbons (Fsp3) is 0.818. The molecule has 2 unspecified atom stereocenters. The summed E-state index contributed by atoms with van der Waals surface area (Å²) in [6.45, 7) is 8.29. The molecule has 0 saturated carbocycles. The molecule has 0 bridgehead atoms. The second-order valence-electron chi connectivity index (χ2n) is 4.95. The van der Waals surface area contributed by atoms with E-state index in [1.54, 1.807) is 0 Å². The molecule has 0 spiro atoms. The summed E-state index contributed by atoms with van der Waals surface area (Å²) in [5.74, 6) is 2.04. The Morgan fingerprint density at radius 1 is 1.62 bits per heavy atom. The van der Waals surface area contributed by atoms with Gasteiger partial charge in [-0.3, -0.25) is 5.10 Å². The van der Waals surface area contributed by atoms with E-state index in [4.69, 9.17) is 17.0 Å². The quantitative estimate of drug-likeness (QED) is 0.827. The van der Waals surface area contributed by atoms with Crippen LogP contribution >= 0.6 is 12.2 Å². The summed E-state index contributed by atoms with van der Waals surface area (Å²) in [6, 6.07) is 0. The van der Waals surface area contributed by atoms with Gasteiger partial charge in [-0.2, -0.15) is 5.10 Å². The van der Waals surface area contributed by atoms with Crippen molar-refractivity contribution in [3.05, 3.63) is 10.6 Å². The second-order valence-corrected chi connectivity index (χ2v) is 5.34. The van der Waals surface area contributed by atoms with E-state index in [1.165, 1.54) is 0 Å². The average molecular weight is 241 g/mol. The molecule has 1 aromatic heterocycles. The van der Waals surface area contributed by atoms with Crippen molar-refractivity contribution in [2.45, 2.75) is 39.8 Å². The van der Waals surface area contributed by atoms with Gasteiger partial charge >= 0.3 is 0 Å². The Hall–Kier alpha value is -0.680. The summed E-state index contributed by atoms with van der Waals surface area (Å²) in [5, 5.41) is 7.20. The second kappa shape index (κ2) is 4.67. The molecular weight excluding hydrogens is 222 g/mol. The van der Waals surface area contributed by atoms with Gasteiger partial charge in [-0.25, -0.2) is 0 Å². The molecule has 0 aliphatic carbocycles. The summed E-state index contributed by atoms with van der Waals surface area (Å²) in [5.41, 5.74) is 0. The molecule has 1 N–H and O–H groups in total. The predicted molar refractivity (Wildman–Crippen MR) is 64.7 cm³/mol. The van der Waals surface area contributed by atoms with Crippen molar-refractivity contribution >= 4 is 12.2 Å². The van der Waals surface area contributed by atoms with Crippen molar-refractivity contribution in [2.24, 2.45) is 11.8 Å². The standard InChI is InChI=1S/C11H19N3OS/c1-7(2)6-14-10(12-13-11(14)16)9-8(3)4-5-15-9/h7-9H,4-6H2,1-3H3,(H,13,16). The van der Waals surface area contributed by atoms with Crippen molar-refractivity contribution in [1.82, 2.24) is 14.8 Å². The summed E-state index contributed by atoms with van der Waals surface area (Å²) < 4.78 is 8.51.